The zero-order valence-electron chi connectivity index (χ0n) is 19.5. The molecule has 1 saturated heterocycles. The van der Waals surface area contributed by atoms with E-state index in [-0.39, 0.29) is 17.6 Å². The van der Waals surface area contributed by atoms with Crippen molar-refractivity contribution >= 4 is 23.2 Å². The molecule has 1 aliphatic heterocycles. The van der Waals surface area contributed by atoms with Crippen LogP contribution in [0, 0.1) is 12.7 Å². The van der Waals surface area contributed by atoms with Crippen molar-refractivity contribution in [1.82, 2.24) is 14.7 Å². The lowest BCUT2D eigenvalue weighted by molar-refractivity contribution is -0.131. The normalized spacial score (nSPS) is 14.2. The van der Waals surface area contributed by atoms with Gasteiger partial charge < -0.3 is 9.80 Å². The van der Waals surface area contributed by atoms with Gasteiger partial charge in [0.25, 0.3) is 5.91 Å². The predicted molar refractivity (Wildman–Crippen MR) is 133 cm³/mol. The first kappa shape index (κ1) is 24.1. The number of benzene rings is 2. The topological polar surface area (TPSA) is 43.9 Å². The molecule has 0 unspecified atom stereocenters. The number of nitrogens with zero attached hydrogens (tertiary/aromatic N) is 3. The van der Waals surface area contributed by atoms with Crippen molar-refractivity contribution in [2.45, 2.75) is 19.9 Å². The Bertz CT molecular complexity index is 1080. The summed E-state index contributed by atoms with van der Waals surface area (Å²) in [5.74, 6) is -0.137. The van der Waals surface area contributed by atoms with Crippen molar-refractivity contribution in [3.8, 4) is 0 Å². The third-order valence-electron chi connectivity index (χ3n) is 6.19. The van der Waals surface area contributed by atoms with Gasteiger partial charge in [0.15, 0.2) is 0 Å². The van der Waals surface area contributed by atoms with E-state index in [4.69, 9.17) is 0 Å². The lowest BCUT2D eigenvalue weighted by Crippen LogP contribution is -2.50. The lowest BCUT2D eigenvalue weighted by atomic mass is 10.1. The molecule has 7 heteroatoms. The summed E-state index contributed by atoms with van der Waals surface area (Å²) in [6.07, 6.45) is 0.373. The molecule has 0 radical (unpaired) electrons. The number of piperazine rings is 1. The molecule has 2 aromatic carbocycles. The van der Waals surface area contributed by atoms with Crippen molar-refractivity contribution < 1.29 is 14.0 Å². The van der Waals surface area contributed by atoms with Gasteiger partial charge in [0, 0.05) is 56.3 Å². The number of aryl methyl sites for hydroxylation is 1. The molecule has 4 rings (SSSR count). The van der Waals surface area contributed by atoms with Gasteiger partial charge in [-0.3, -0.25) is 14.5 Å². The maximum absolute atomic E-state index is 13.3. The van der Waals surface area contributed by atoms with Crippen LogP contribution in [0.4, 0.5) is 4.39 Å². The summed E-state index contributed by atoms with van der Waals surface area (Å²) >= 11 is 1.58. The Labute approximate surface area is 204 Å². The summed E-state index contributed by atoms with van der Waals surface area (Å²) < 4.78 is 13.3. The van der Waals surface area contributed by atoms with E-state index in [0.29, 0.717) is 32.6 Å². The van der Waals surface area contributed by atoms with E-state index in [0.717, 1.165) is 41.2 Å². The predicted octanol–water partition coefficient (Wildman–Crippen LogP) is 4.22. The number of amides is 2. The van der Waals surface area contributed by atoms with Gasteiger partial charge in [-0.2, -0.15) is 0 Å². The highest BCUT2D eigenvalue weighted by Gasteiger charge is 2.23. The molecule has 178 valence electrons. The van der Waals surface area contributed by atoms with Gasteiger partial charge in [-0.15, -0.1) is 11.3 Å². The van der Waals surface area contributed by atoms with Crippen molar-refractivity contribution in [2.75, 3.05) is 39.3 Å². The van der Waals surface area contributed by atoms with Gasteiger partial charge in [0.05, 0.1) is 6.42 Å². The van der Waals surface area contributed by atoms with Crippen molar-refractivity contribution in [2.24, 2.45) is 0 Å². The van der Waals surface area contributed by atoms with Gasteiger partial charge in [0.1, 0.15) is 5.82 Å². The second-order valence-electron chi connectivity index (χ2n) is 8.70. The van der Waals surface area contributed by atoms with E-state index < -0.39 is 0 Å². The first-order valence-corrected chi connectivity index (χ1v) is 12.5. The molecule has 34 heavy (non-hydrogen) atoms. The molecule has 3 aromatic rings. The molecule has 1 aromatic heterocycles. The van der Waals surface area contributed by atoms with Gasteiger partial charge in [-0.25, -0.2) is 4.39 Å². The Morgan fingerprint density at radius 1 is 0.971 bits per heavy atom. The lowest BCUT2D eigenvalue weighted by Gasteiger charge is -2.36. The molecule has 1 aliphatic rings. The molecule has 5 nitrogen and oxygen atoms in total. The molecule has 0 saturated carbocycles. The average molecular weight is 480 g/mol. The second kappa shape index (κ2) is 11.4. The molecular formula is C27H30FN3O2S. The minimum absolute atomic E-state index is 0.0694. The summed E-state index contributed by atoms with van der Waals surface area (Å²) in [4.78, 5) is 32.9. The fourth-order valence-corrected chi connectivity index (χ4v) is 4.79. The van der Waals surface area contributed by atoms with E-state index in [1.807, 2.05) is 58.5 Å². The maximum Gasteiger partial charge on any atom is 0.253 e. The van der Waals surface area contributed by atoms with Crippen LogP contribution in [0.2, 0.25) is 0 Å². The molecule has 2 amide bonds. The van der Waals surface area contributed by atoms with E-state index >= 15 is 0 Å². The Balaban J connectivity index is 1.32. The zero-order chi connectivity index (χ0) is 23.9. The molecule has 0 spiro atoms. The number of hydrogen-bond acceptors (Lipinski definition) is 4. The Kier molecular flexibility index (Phi) is 8.08. The quantitative estimate of drug-likeness (QED) is 0.486. The van der Waals surface area contributed by atoms with Crippen LogP contribution < -0.4 is 0 Å². The molecule has 1 fully saturated rings. The van der Waals surface area contributed by atoms with Crippen LogP contribution in [0.15, 0.2) is 66.0 Å². The summed E-state index contributed by atoms with van der Waals surface area (Å²) in [7, 11) is 0. The van der Waals surface area contributed by atoms with Crippen LogP contribution in [-0.4, -0.2) is 65.8 Å². The van der Waals surface area contributed by atoms with Gasteiger partial charge >= 0.3 is 0 Å². The number of carbonyl (C=O) groups excluding carboxylic acids is 2. The fourth-order valence-electron chi connectivity index (χ4n) is 4.09. The van der Waals surface area contributed by atoms with E-state index in [9.17, 15) is 14.0 Å². The highest BCUT2D eigenvalue weighted by molar-refractivity contribution is 7.10. The number of thiophene rings is 1. The van der Waals surface area contributed by atoms with E-state index in [1.165, 1.54) is 12.1 Å². The molecular weight excluding hydrogens is 449 g/mol. The molecule has 0 N–H and O–H groups in total. The Morgan fingerprint density at radius 2 is 1.68 bits per heavy atom. The fraction of sp³-hybridized carbons (Fsp3) is 0.333. The van der Waals surface area contributed by atoms with Crippen molar-refractivity contribution in [3.05, 3.63) is 93.4 Å². The molecule has 0 aliphatic carbocycles. The summed E-state index contributed by atoms with van der Waals surface area (Å²) in [6.45, 7) is 6.70. The van der Waals surface area contributed by atoms with Crippen LogP contribution in [0.5, 0.6) is 0 Å². The van der Waals surface area contributed by atoms with Gasteiger partial charge in [0.2, 0.25) is 5.91 Å². The summed E-state index contributed by atoms with van der Waals surface area (Å²) in [5, 5.41) is 1.98. The van der Waals surface area contributed by atoms with Crippen LogP contribution >= 0.6 is 11.3 Å². The van der Waals surface area contributed by atoms with Crippen molar-refractivity contribution in [3.63, 3.8) is 0 Å². The van der Waals surface area contributed by atoms with E-state index in [2.05, 4.69) is 4.90 Å². The minimum atomic E-state index is -0.279. The first-order chi connectivity index (χ1) is 16.5. The average Bonchev–Trinajstić information content (AvgIpc) is 3.36. The molecule has 2 heterocycles. The summed E-state index contributed by atoms with van der Waals surface area (Å²) in [5.41, 5.74) is 2.78. The maximum atomic E-state index is 13.3. The Hall–Kier alpha value is -3.03. The molecule has 0 bridgehead atoms. The van der Waals surface area contributed by atoms with Crippen LogP contribution in [0.3, 0.4) is 0 Å². The van der Waals surface area contributed by atoms with Crippen LogP contribution in [0.1, 0.15) is 26.4 Å². The van der Waals surface area contributed by atoms with Crippen LogP contribution in [-0.2, 0) is 17.8 Å². The minimum Gasteiger partial charge on any atom is -0.337 e. The van der Waals surface area contributed by atoms with Gasteiger partial charge in [-0.1, -0.05) is 35.9 Å². The van der Waals surface area contributed by atoms with E-state index in [1.54, 1.807) is 23.5 Å². The highest BCUT2D eigenvalue weighted by Crippen LogP contribution is 2.14. The number of hydrogen-bond donors (Lipinski definition) is 0. The van der Waals surface area contributed by atoms with Crippen molar-refractivity contribution in [1.29, 1.82) is 0 Å². The monoisotopic (exact) mass is 479 g/mol. The highest BCUT2D eigenvalue weighted by atomic mass is 32.1. The number of carbonyl (C=O) groups is 2. The zero-order valence-corrected chi connectivity index (χ0v) is 20.3. The molecule has 0 atom stereocenters. The number of rotatable bonds is 8. The first-order valence-electron chi connectivity index (χ1n) is 11.6. The third-order valence-corrected chi connectivity index (χ3v) is 7.07. The van der Waals surface area contributed by atoms with Gasteiger partial charge in [-0.05, 0) is 48.2 Å². The standard InChI is InChI=1S/C27H30FN3O2S/c1-21-4-8-23(9-5-21)27(33)30-15-12-29(13-16-30)14-17-31(20-22-6-10-24(28)11-7-22)26(32)19-25-3-2-18-34-25/h2-11,18H,12-17,19-20H2,1H3. The smallest absolute Gasteiger partial charge is 0.253 e. The Morgan fingerprint density at radius 3 is 2.32 bits per heavy atom. The third kappa shape index (κ3) is 6.52. The van der Waals surface area contributed by atoms with Crippen LogP contribution in [0.25, 0.3) is 0 Å². The number of halogens is 1. The second-order valence-corrected chi connectivity index (χ2v) is 9.73. The SMILES string of the molecule is Cc1ccc(C(=O)N2CCN(CCN(Cc3ccc(F)cc3)C(=O)Cc3cccs3)CC2)cc1. The summed E-state index contributed by atoms with van der Waals surface area (Å²) in [6, 6.07) is 18.0. The largest absolute Gasteiger partial charge is 0.337 e.